The smallest absolute Gasteiger partial charge is 1.00 e. The van der Waals surface area contributed by atoms with Crippen molar-refractivity contribution >= 4 is 0 Å². The normalized spacial score (nSPS) is 8.40. The Morgan fingerprint density at radius 2 is 0.900 bits per heavy atom. The summed E-state index contributed by atoms with van der Waals surface area (Å²) in [6, 6.07) is 0. The monoisotopic (exact) mass is 233 g/mol. The van der Waals surface area contributed by atoms with Crippen LogP contribution in [0.3, 0.4) is 0 Å². The van der Waals surface area contributed by atoms with Crippen molar-refractivity contribution in [1.29, 1.82) is 21.0 Å². The van der Waals surface area contributed by atoms with E-state index in [0.29, 0.717) is 0 Å². The van der Waals surface area contributed by atoms with Crippen LogP contribution in [0.5, 0.6) is 0 Å². The minimum Gasteiger partial charge on any atom is 1.00 e. The average molecular weight is 233 g/mol. The summed E-state index contributed by atoms with van der Waals surface area (Å²) in [7, 11) is 0. The van der Waals surface area contributed by atoms with Crippen LogP contribution < -0.4 is 29.6 Å². The Hall–Kier alpha value is -0.378. The molecule has 0 aromatic rings. The predicted molar refractivity (Wildman–Crippen MR) is 22.5 cm³/mol. The summed E-state index contributed by atoms with van der Waals surface area (Å²) in [5, 5.41) is 32.5. The van der Waals surface area contributed by atoms with Gasteiger partial charge >= 0.3 is 84.3 Å². The van der Waals surface area contributed by atoms with E-state index >= 15 is 0 Å². The van der Waals surface area contributed by atoms with Crippen molar-refractivity contribution in [3.63, 3.8) is 0 Å². The molecule has 4 nitrogen and oxygen atoms in total. The van der Waals surface area contributed by atoms with Gasteiger partial charge in [-0.05, 0) is 0 Å². The van der Waals surface area contributed by atoms with E-state index in [1.54, 1.807) is 0 Å². The number of rotatable bonds is 0. The van der Waals surface area contributed by atoms with Crippen molar-refractivity contribution in [2.75, 3.05) is 0 Å². The Kier molecular flexibility index (Phi) is 6.66. The summed E-state index contributed by atoms with van der Waals surface area (Å²) in [5.74, 6) is 0. The maximum atomic E-state index is 8.13. The molecule has 47 valence electrons. The van der Waals surface area contributed by atoms with E-state index in [1.807, 2.05) is 0 Å². The molecule has 0 aliphatic carbocycles. The van der Waals surface area contributed by atoms with Crippen LogP contribution in [0.25, 0.3) is 0 Å². The fourth-order valence-corrected chi connectivity index (χ4v) is 0.561. The third-order valence-corrected chi connectivity index (χ3v) is 2.51. The van der Waals surface area contributed by atoms with E-state index in [-0.39, 0.29) is 29.6 Å². The van der Waals surface area contributed by atoms with Gasteiger partial charge in [-0.2, -0.15) is 0 Å². The maximum absolute atomic E-state index is 8.13. The summed E-state index contributed by atoms with van der Waals surface area (Å²) in [5.41, 5.74) is 0. The van der Waals surface area contributed by atoms with Gasteiger partial charge in [-0.3, -0.25) is 0 Å². The topological polar surface area (TPSA) is 95.2 Å². The molecular weight excluding hydrogens is 233 g/mol. The zero-order valence-electron chi connectivity index (χ0n) is 5.11. The molecule has 0 saturated carbocycles. The molecule has 0 bridgehead atoms. The minimum atomic E-state index is -3.58. The molecule has 0 aromatic carbocycles. The molecule has 0 aliphatic rings. The van der Waals surface area contributed by atoms with Crippen LogP contribution >= 0.6 is 0 Å². The molecule has 0 unspecified atom stereocenters. The van der Waals surface area contributed by atoms with Crippen molar-refractivity contribution in [1.82, 2.24) is 0 Å². The Bertz CT molecular complexity index is 210. The second-order valence-electron chi connectivity index (χ2n) is 0.757. The fourth-order valence-electron chi connectivity index (χ4n) is 0.0949. The van der Waals surface area contributed by atoms with Crippen molar-refractivity contribution in [3.8, 4) is 18.2 Å². The van der Waals surface area contributed by atoms with Gasteiger partial charge in [-0.1, -0.05) is 0 Å². The maximum Gasteiger partial charge on any atom is 1.00 e. The molecule has 0 saturated heterocycles. The molecule has 0 aliphatic heterocycles. The van der Waals surface area contributed by atoms with E-state index in [4.69, 9.17) is 21.0 Å². The largest absolute Gasteiger partial charge is 1.00 e. The zero-order chi connectivity index (χ0) is 7.33. The molecule has 10 heavy (non-hydrogen) atoms. The Morgan fingerprint density at radius 1 is 0.700 bits per heavy atom. The molecule has 0 radical (unpaired) electrons. The van der Waals surface area contributed by atoms with Crippen molar-refractivity contribution in [2.45, 2.75) is 0 Å². The number of nitrogens with zero attached hydrogens (tertiary/aromatic N) is 4. The summed E-state index contributed by atoms with van der Waals surface area (Å²) >= 11 is -3.58. The first-order valence-corrected chi connectivity index (χ1v) is 4.64. The van der Waals surface area contributed by atoms with Crippen LogP contribution in [0, 0.1) is 39.2 Å². The van der Waals surface area contributed by atoms with E-state index in [1.165, 1.54) is 18.2 Å². The van der Waals surface area contributed by atoms with Crippen LogP contribution in [0.2, 0.25) is 0 Å². The Balaban J connectivity index is 0. The fraction of sp³-hybridized carbons (Fsp3) is 0. The number of hydrogen-bond donors (Lipinski definition) is 0. The predicted octanol–water partition coefficient (Wildman–Crippen LogP) is -2.93. The first kappa shape index (κ1) is 12.3. The molecule has 6 heteroatoms. The van der Waals surface area contributed by atoms with E-state index in [2.05, 4.69) is 0 Å². The zero-order valence-corrected chi connectivity index (χ0v) is 8.66. The number of nitriles is 4. The molecular formula is C4N4NaPd. The van der Waals surface area contributed by atoms with Crippen LogP contribution in [-0.2, 0) is 15.5 Å². The molecule has 0 rings (SSSR count). The van der Waals surface area contributed by atoms with Crippen LogP contribution in [0.15, 0.2) is 0 Å². The SMILES string of the molecule is N#[C][Pd-]([C]#N)([C]#N)[C]#N.[Na+]. The van der Waals surface area contributed by atoms with E-state index in [9.17, 15) is 0 Å². The van der Waals surface area contributed by atoms with Gasteiger partial charge in [-0.15, -0.1) is 0 Å². The van der Waals surface area contributed by atoms with Gasteiger partial charge < -0.3 is 0 Å². The number of hydrogen-bond acceptors (Lipinski definition) is 4. The van der Waals surface area contributed by atoms with Gasteiger partial charge in [0, 0.05) is 0 Å². The first-order chi connectivity index (χ1) is 4.24. The molecule has 0 amide bonds. The van der Waals surface area contributed by atoms with E-state index in [0.717, 1.165) is 0 Å². The first-order valence-electron chi connectivity index (χ1n) is 1.53. The van der Waals surface area contributed by atoms with Gasteiger partial charge in [0.25, 0.3) is 0 Å². The summed E-state index contributed by atoms with van der Waals surface area (Å²) in [6.07, 6.45) is 0. The van der Waals surface area contributed by atoms with Gasteiger partial charge in [0.15, 0.2) is 0 Å². The van der Waals surface area contributed by atoms with Crippen LogP contribution in [-0.4, -0.2) is 0 Å². The molecule has 0 heterocycles. The van der Waals surface area contributed by atoms with Crippen molar-refractivity contribution < 1.29 is 45.1 Å². The van der Waals surface area contributed by atoms with Crippen LogP contribution in [0.4, 0.5) is 0 Å². The molecule has 0 spiro atoms. The molecule has 0 aromatic heterocycles. The Labute approximate surface area is 83.6 Å². The Morgan fingerprint density at radius 3 is 0.900 bits per heavy atom. The van der Waals surface area contributed by atoms with Gasteiger partial charge in [-0.25, -0.2) is 0 Å². The van der Waals surface area contributed by atoms with Crippen molar-refractivity contribution in [2.24, 2.45) is 0 Å². The van der Waals surface area contributed by atoms with E-state index < -0.39 is 15.5 Å². The molecule has 0 atom stereocenters. The minimum absolute atomic E-state index is 0. The second kappa shape index (κ2) is 5.41. The quantitative estimate of drug-likeness (QED) is 0.419. The van der Waals surface area contributed by atoms with Gasteiger partial charge in [0.2, 0.25) is 0 Å². The average Bonchev–Trinajstić information content (AvgIpc) is 1.95. The summed E-state index contributed by atoms with van der Waals surface area (Å²) in [6.45, 7) is 0. The second-order valence-corrected chi connectivity index (χ2v) is 4.48. The third-order valence-electron chi connectivity index (χ3n) is 0.424. The molecule has 0 N–H and O–H groups in total. The van der Waals surface area contributed by atoms with Crippen LogP contribution in [0.1, 0.15) is 0 Å². The standard InChI is InChI=1S/4CN.Na.Pd/c4*1-2;;/q;;;;+1;-1. The summed E-state index contributed by atoms with van der Waals surface area (Å²) < 4.78 is 5.72. The van der Waals surface area contributed by atoms with Crippen molar-refractivity contribution in [3.05, 3.63) is 0 Å². The third kappa shape index (κ3) is 2.47. The van der Waals surface area contributed by atoms with Gasteiger partial charge in [0.05, 0.1) is 0 Å². The molecule has 0 fully saturated rings. The summed E-state index contributed by atoms with van der Waals surface area (Å²) in [4.78, 5) is 0. The van der Waals surface area contributed by atoms with Gasteiger partial charge in [0.1, 0.15) is 0 Å².